The number of nitrogens with zero attached hydrogens (tertiary/aromatic N) is 1. The first-order chi connectivity index (χ1) is 20.2. The molecule has 0 bridgehead atoms. The zero-order valence-corrected chi connectivity index (χ0v) is 27.9. The van der Waals surface area contributed by atoms with Gasteiger partial charge in [0.05, 0.1) is 7.11 Å². The maximum absolute atomic E-state index is 13.1. The summed E-state index contributed by atoms with van der Waals surface area (Å²) in [6.45, 7) is 9.39. The van der Waals surface area contributed by atoms with E-state index >= 15 is 0 Å². The minimum Gasteiger partial charge on any atom is -0.497 e. The van der Waals surface area contributed by atoms with E-state index in [4.69, 9.17) is 9.47 Å². The fourth-order valence-electron chi connectivity index (χ4n) is 5.22. The predicted molar refractivity (Wildman–Crippen MR) is 176 cm³/mol. The molecule has 0 atom stereocenters. The number of amides is 2. The number of hydrogen-bond acceptors (Lipinski definition) is 4. The number of benzene rings is 1. The fourth-order valence-corrected chi connectivity index (χ4v) is 5.22. The van der Waals surface area contributed by atoms with Gasteiger partial charge in [0.1, 0.15) is 11.4 Å². The van der Waals surface area contributed by atoms with E-state index in [9.17, 15) is 9.59 Å². The van der Waals surface area contributed by atoms with Crippen molar-refractivity contribution in [1.29, 1.82) is 0 Å². The monoisotopic (exact) mass is 588 g/mol. The van der Waals surface area contributed by atoms with Crippen molar-refractivity contribution in [3.05, 3.63) is 29.8 Å². The summed E-state index contributed by atoms with van der Waals surface area (Å²) in [5, 5.41) is 2.80. The molecule has 0 saturated heterocycles. The molecule has 0 unspecified atom stereocenters. The summed E-state index contributed by atoms with van der Waals surface area (Å²) >= 11 is 0. The number of ether oxygens (including phenoxy) is 2. The van der Waals surface area contributed by atoms with Crippen LogP contribution in [0, 0.1) is 0 Å². The molecule has 1 N–H and O–H groups in total. The van der Waals surface area contributed by atoms with Gasteiger partial charge in [-0.25, -0.2) is 4.79 Å². The fraction of sp³-hybridized carbons (Fsp3) is 0.778. The van der Waals surface area contributed by atoms with Crippen molar-refractivity contribution in [2.75, 3.05) is 26.7 Å². The van der Waals surface area contributed by atoms with Gasteiger partial charge in [0.2, 0.25) is 5.91 Å². The van der Waals surface area contributed by atoms with Crippen molar-refractivity contribution in [3.8, 4) is 5.75 Å². The molecule has 42 heavy (non-hydrogen) atoms. The van der Waals surface area contributed by atoms with Crippen molar-refractivity contribution >= 4 is 12.0 Å². The van der Waals surface area contributed by atoms with Gasteiger partial charge in [0.15, 0.2) is 0 Å². The quantitative estimate of drug-likeness (QED) is 0.115. The number of carbonyl (C=O) groups is 2. The van der Waals surface area contributed by atoms with Crippen molar-refractivity contribution in [1.82, 2.24) is 10.2 Å². The molecule has 0 aliphatic rings. The summed E-state index contributed by atoms with van der Waals surface area (Å²) in [6.07, 6.45) is 23.1. The van der Waals surface area contributed by atoms with Crippen LogP contribution in [0.1, 0.15) is 149 Å². The van der Waals surface area contributed by atoms with E-state index in [0.29, 0.717) is 26.1 Å². The van der Waals surface area contributed by atoms with Crippen LogP contribution in [0.15, 0.2) is 24.3 Å². The normalized spacial score (nSPS) is 11.4. The second-order valence-electron chi connectivity index (χ2n) is 12.8. The maximum atomic E-state index is 13.1. The zero-order chi connectivity index (χ0) is 30.9. The number of carbonyl (C=O) groups excluding carboxylic acids is 2. The first kappa shape index (κ1) is 37.8. The summed E-state index contributed by atoms with van der Waals surface area (Å²) < 4.78 is 10.6. The maximum Gasteiger partial charge on any atom is 0.407 e. The van der Waals surface area contributed by atoms with Gasteiger partial charge in [0.25, 0.3) is 0 Å². The van der Waals surface area contributed by atoms with E-state index in [1.54, 1.807) is 7.11 Å². The van der Waals surface area contributed by atoms with Crippen LogP contribution in [0.5, 0.6) is 5.75 Å². The van der Waals surface area contributed by atoms with Crippen LogP contribution >= 0.6 is 0 Å². The largest absolute Gasteiger partial charge is 0.497 e. The van der Waals surface area contributed by atoms with Crippen molar-refractivity contribution in [3.63, 3.8) is 0 Å². The van der Waals surface area contributed by atoms with Gasteiger partial charge in [0, 0.05) is 26.1 Å². The summed E-state index contributed by atoms with van der Waals surface area (Å²) in [7, 11) is 1.67. The molecule has 1 aromatic carbocycles. The molecule has 242 valence electrons. The Bertz CT molecular complexity index is 804. The molecule has 2 amide bonds. The third kappa shape index (κ3) is 21.5. The number of unbranched alkanes of at least 4 members (excludes halogenated alkanes) is 15. The zero-order valence-electron chi connectivity index (χ0n) is 27.9. The molecule has 0 heterocycles. The summed E-state index contributed by atoms with van der Waals surface area (Å²) in [6, 6.07) is 8.09. The second-order valence-corrected chi connectivity index (χ2v) is 12.8. The van der Waals surface area contributed by atoms with E-state index in [0.717, 1.165) is 31.4 Å². The lowest BCUT2D eigenvalue weighted by Crippen LogP contribution is -2.40. The first-order valence-electron chi connectivity index (χ1n) is 17.1. The van der Waals surface area contributed by atoms with Crippen molar-refractivity contribution in [2.45, 2.75) is 155 Å². The number of hydrogen-bond donors (Lipinski definition) is 1. The molecule has 6 heteroatoms. The highest BCUT2D eigenvalue weighted by Crippen LogP contribution is 2.16. The van der Waals surface area contributed by atoms with Gasteiger partial charge < -0.3 is 19.7 Å². The lowest BCUT2D eigenvalue weighted by atomic mass is 10.0. The Morgan fingerprint density at radius 2 is 1.21 bits per heavy atom. The topological polar surface area (TPSA) is 67.9 Å². The molecular formula is C36H64N2O4. The van der Waals surface area contributed by atoms with Crippen molar-refractivity contribution < 1.29 is 19.1 Å². The minimum atomic E-state index is -0.537. The van der Waals surface area contributed by atoms with Crippen LogP contribution in [-0.2, 0) is 16.0 Å². The minimum absolute atomic E-state index is 0.182. The van der Waals surface area contributed by atoms with Gasteiger partial charge in [-0.3, -0.25) is 4.79 Å². The standard InChI is InChI=1S/C36H64N2O4/c1-6-7-8-9-10-11-12-13-14-15-16-17-18-19-20-21-24-34(39)38(31-29-37-35(40)42-36(2,3)4)30-22-23-32-25-27-33(41-5)28-26-32/h25-28H,6-24,29-31H2,1-5H3,(H,37,40). The molecule has 0 fully saturated rings. The van der Waals surface area contributed by atoms with Crippen LogP contribution in [-0.4, -0.2) is 49.2 Å². The molecule has 1 rings (SSSR count). The molecule has 0 saturated carbocycles. The highest BCUT2D eigenvalue weighted by Gasteiger charge is 2.17. The Kier molecular flexibility index (Phi) is 21.8. The average Bonchev–Trinajstić information content (AvgIpc) is 2.95. The van der Waals surface area contributed by atoms with E-state index in [-0.39, 0.29) is 5.91 Å². The third-order valence-corrected chi connectivity index (χ3v) is 7.70. The van der Waals surface area contributed by atoms with E-state index in [1.807, 2.05) is 37.8 Å². The van der Waals surface area contributed by atoms with Crippen LogP contribution in [0.25, 0.3) is 0 Å². The Morgan fingerprint density at radius 3 is 1.69 bits per heavy atom. The Morgan fingerprint density at radius 1 is 0.714 bits per heavy atom. The molecule has 0 aliphatic carbocycles. The smallest absolute Gasteiger partial charge is 0.407 e. The Labute approximate surface area is 258 Å². The Balaban J connectivity index is 2.24. The van der Waals surface area contributed by atoms with Gasteiger partial charge in [-0.05, 0) is 57.7 Å². The first-order valence-corrected chi connectivity index (χ1v) is 17.1. The lowest BCUT2D eigenvalue weighted by molar-refractivity contribution is -0.131. The predicted octanol–water partition coefficient (Wildman–Crippen LogP) is 9.63. The molecule has 0 aliphatic heterocycles. The molecule has 0 radical (unpaired) electrons. The van der Waals surface area contributed by atoms with Gasteiger partial charge in [-0.15, -0.1) is 0 Å². The van der Waals surface area contributed by atoms with E-state index < -0.39 is 11.7 Å². The number of aryl methyl sites for hydroxylation is 1. The summed E-state index contributed by atoms with van der Waals surface area (Å²) in [5.74, 6) is 1.03. The van der Waals surface area contributed by atoms with Gasteiger partial charge >= 0.3 is 6.09 Å². The SMILES string of the molecule is CCCCCCCCCCCCCCCCCCC(=O)N(CCCc1ccc(OC)cc1)CCNC(=O)OC(C)(C)C. The number of methoxy groups -OCH3 is 1. The van der Waals surface area contributed by atoms with E-state index in [1.165, 1.54) is 95.5 Å². The number of nitrogens with one attached hydrogen (secondary N) is 1. The number of alkyl carbamates (subject to hydrolysis) is 1. The molecular weight excluding hydrogens is 524 g/mol. The molecule has 6 nitrogen and oxygen atoms in total. The van der Waals surface area contributed by atoms with Gasteiger partial charge in [-0.2, -0.15) is 0 Å². The van der Waals surface area contributed by atoms with Crippen LogP contribution in [0.2, 0.25) is 0 Å². The molecule has 0 aromatic heterocycles. The Hall–Kier alpha value is -2.24. The number of rotatable bonds is 25. The summed E-state index contributed by atoms with van der Waals surface area (Å²) in [4.78, 5) is 27.0. The van der Waals surface area contributed by atoms with E-state index in [2.05, 4.69) is 24.4 Å². The second kappa shape index (κ2) is 24.2. The molecule has 0 spiro atoms. The highest BCUT2D eigenvalue weighted by atomic mass is 16.6. The van der Waals surface area contributed by atoms with Crippen LogP contribution in [0.3, 0.4) is 0 Å². The third-order valence-electron chi connectivity index (χ3n) is 7.70. The molecule has 1 aromatic rings. The van der Waals surface area contributed by atoms with Crippen LogP contribution in [0.4, 0.5) is 4.79 Å². The lowest BCUT2D eigenvalue weighted by Gasteiger charge is -2.24. The van der Waals surface area contributed by atoms with Crippen LogP contribution < -0.4 is 10.1 Å². The summed E-state index contributed by atoms with van der Waals surface area (Å²) in [5.41, 5.74) is 0.693. The van der Waals surface area contributed by atoms with Crippen molar-refractivity contribution in [2.24, 2.45) is 0 Å². The average molecular weight is 589 g/mol. The highest BCUT2D eigenvalue weighted by molar-refractivity contribution is 5.76. The van der Waals surface area contributed by atoms with Gasteiger partial charge in [-0.1, -0.05) is 115 Å².